The number of rotatable bonds is 11. The molecule has 0 saturated carbocycles. The van der Waals surface area contributed by atoms with E-state index in [1.165, 1.54) is 0 Å². The summed E-state index contributed by atoms with van der Waals surface area (Å²) >= 11 is 14.2. The van der Waals surface area contributed by atoms with Crippen molar-refractivity contribution in [3.05, 3.63) is 76.3 Å². The first-order valence-corrected chi connectivity index (χ1v) is 16.7. The number of hydrogen-bond donors (Lipinski definition) is 3. The lowest BCUT2D eigenvalue weighted by atomic mass is 9.97. The lowest BCUT2D eigenvalue weighted by molar-refractivity contribution is -0.119. The zero-order chi connectivity index (χ0) is 34.3. The van der Waals surface area contributed by atoms with Crippen LogP contribution in [0.1, 0.15) is 31.2 Å². The molecule has 14 heteroatoms. The molecule has 5 aromatic rings. The summed E-state index contributed by atoms with van der Waals surface area (Å²) in [7, 11) is 3.17. The second-order valence-corrected chi connectivity index (χ2v) is 13.5. The molecule has 2 aliphatic rings. The molecule has 3 N–H and O–H groups in total. The quantitative estimate of drug-likeness (QED) is 0.176. The summed E-state index contributed by atoms with van der Waals surface area (Å²) in [6.45, 7) is 4.68. The zero-order valence-corrected chi connectivity index (χ0v) is 28.8. The van der Waals surface area contributed by atoms with E-state index in [9.17, 15) is 9.90 Å². The van der Waals surface area contributed by atoms with E-state index in [1.54, 1.807) is 24.9 Å². The third-order valence-electron chi connectivity index (χ3n) is 8.81. The maximum Gasteiger partial charge on any atom is 0.220 e. The Labute approximate surface area is 293 Å². The Morgan fingerprint density at radius 3 is 2.59 bits per heavy atom. The van der Waals surface area contributed by atoms with E-state index in [-0.39, 0.29) is 11.9 Å². The molecule has 2 fully saturated rings. The Kier molecular flexibility index (Phi) is 9.16. The first kappa shape index (κ1) is 33.2. The predicted octanol–water partition coefficient (Wildman–Crippen LogP) is 4.78. The Morgan fingerprint density at radius 1 is 1.06 bits per heavy atom. The fraction of sp³-hybridized carbons (Fsp3) is 0.343. The summed E-state index contributed by atoms with van der Waals surface area (Å²) in [5.74, 6) is 1.73. The van der Waals surface area contributed by atoms with Crippen LogP contribution in [0.15, 0.2) is 54.9 Å². The van der Waals surface area contributed by atoms with Crippen LogP contribution in [0.4, 0.5) is 0 Å². The molecule has 0 bridgehead atoms. The third kappa shape index (κ3) is 6.79. The highest BCUT2D eigenvalue weighted by molar-refractivity contribution is 6.39. The summed E-state index contributed by atoms with van der Waals surface area (Å²) in [5.41, 5.74) is 4.81. The number of aliphatic hydroxyl groups is 1. The number of benzene rings is 1. The van der Waals surface area contributed by atoms with Crippen molar-refractivity contribution < 1.29 is 19.4 Å². The number of nitrogens with zero attached hydrogens (tertiary/aromatic N) is 6. The number of carbonyl (C=O) groups is 1. The third-order valence-corrected chi connectivity index (χ3v) is 9.60. The molecule has 12 nitrogen and oxygen atoms in total. The van der Waals surface area contributed by atoms with Crippen molar-refractivity contribution in [3.8, 4) is 45.3 Å². The van der Waals surface area contributed by atoms with Crippen LogP contribution in [-0.2, 0) is 17.9 Å². The number of likely N-dealkylation sites (tertiary alicyclic amines) is 1. The van der Waals surface area contributed by atoms with Crippen molar-refractivity contribution in [1.29, 1.82) is 0 Å². The van der Waals surface area contributed by atoms with Gasteiger partial charge in [0.05, 0.1) is 47.8 Å². The first-order chi connectivity index (χ1) is 23.6. The van der Waals surface area contributed by atoms with Gasteiger partial charge in [0.1, 0.15) is 0 Å². The van der Waals surface area contributed by atoms with Crippen LogP contribution in [0.2, 0.25) is 10.0 Å². The SMILES string of the molecule is COc1nc(-c2cccc(-c3ccnc(-c4cc(OC)c5nc(CN6CC(C)(O)C6)nn5c4)c3Cl)c2Cl)ccc1CNCC1CCC(=O)N1. The van der Waals surface area contributed by atoms with Crippen molar-refractivity contribution in [3.63, 3.8) is 0 Å². The highest BCUT2D eigenvalue weighted by Crippen LogP contribution is 2.42. The maximum atomic E-state index is 11.5. The minimum absolute atomic E-state index is 0.0942. The Morgan fingerprint density at radius 2 is 1.86 bits per heavy atom. The van der Waals surface area contributed by atoms with Gasteiger partial charge in [0.25, 0.3) is 0 Å². The molecule has 0 spiro atoms. The van der Waals surface area contributed by atoms with E-state index in [4.69, 9.17) is 37.7 Å². The summed E-state index contributed by atoms with van der Waals surface area (Å²) < 4.78 is 13.0. The number of hydrogen-bond acceptors (Lipinski definition) is 10. The number of methoxy groups -OCH3 is 2. The Hall–Kier alpha value is -4.33. The van der Waals surface area contributed by atoms with Gasteiger partial charge in [-0.1, -0.05) is 47.5 Å². The van der Waals surface area contributed by atoms with Crippen molar-refractivity contribution >= 4 is 34.8 Å². The van der Waals surface area contributed by atoms with Gasteiger partial charge in [-0.25, -0.2) is 14.5 Å². The van der Waals surface area contributed by atoms with Crippen LogP contribution in [0.25, 0.3) is 39.3 Å². The van der Waals surface area contributed by atoms with E-state index >= 15 is 0 Å². The van der Waals surface area contributed by atoms with Crippen LogP contribution < -0.4 is 20.1 Å². The fourth-order valence-electron chi connectivity index (χ4n) is 6.51. The number of β-amino-alcohol motifs (C(OH)–C–C–N with tert-alkyl or cyclic N) is 1. The fourth-order valence-corrected chi connectivity index (χ4v) is 7.16. The number of fused-ring (bicyclic) bond motifs is 1. The zero-order valence-electron chi connectivity index (χ0n) is 27.3. The van der Waals surface area contributed by atoms with Gasteiger partial charge in [0.15, 0.2) is 17.2 Å². The molecule has 0 aliphatic carbocycles. The number of pyridine rings is 3. The molecule has 1 unspecified atom stereocenters. The molecular formula is C35H36Cl2N8O4. The van der Waals surface area contributed by atoms with Crippen molar-refractivity contribution in [2.45, 2.75) is 44.5 Å². The smallest absolute Gasteiger partial charge is 0.220 e. The molecule has 49 heavy (non-hydrogen) atoms. The Balaban J connectivity index is 1.16. The van der Waals surface area contributed by atoms with Gasteiger partial charge in [-0.05, 0) is 31.5 Å². The molecule has 6 heterocycles. The number of ether oxygens (including phenoxy) is 2. The topological polar surface area (TPSA) is 139 Å². The average molecular weight is 704 g/mol. The van der Waals surface area contributed by atoms with Crippen LogP contribution in [0, 0.1) is 0 Å². The Bertz CT molecular complexity index is 2040. The molecule has 1 atom stereocenters. The van der Waals surface area contributed by atoms with E-state index < -0.39 is 5.60 Å². The molecular weight excluding hydrogens is 667 g/mol. The molecule has 7 rings (SSSR count). The summed E-state index contributed by atoms with van der Waals surface area (Å²) in [6.07, 6.45) is 4.92. The lowest BCUT2D eigenvalue weighted by Gasteiger charge is -2.43. The summed E-state index contributed by atoms with van der Waals surface area (Å²) in [5, 5.41) is 22.0. The van der Waals surface area contributed by atoms with E-state index in [2.05, 4.69) is 30.6 Å². The second-order valence-electron chi connectivity index (χ2n) is 12.7. The van der Waals surface area contributed by atoms with Gasteiger partial charge in [0.2, 0.25) is 11.8 Å². The van der Waals surface area contributed by atoms with Crippen molar-refractivity contribution in [2.75, 3.05) is 33.9 Å². The number of amides is 1. The molecule has 2 aliphatic heterocycles. The number of nitrogens with one attached hydrogen (secondary N) is 2. The summed E-state index contributed by atoms with van der Waals surface area (Å²) in [6, 6.07) is 13.4. The lowest BCUT2D eigenvalue weighted by Crippen LogP contribution is -2.59. The van der Waals surface area contributed by atoms with E-state index in [0.717, 1.165) is 23.1 Å². The highest BCUT2D eigenvalue weighted by Gasteiger charge is 2.37. The largest absolute Gasteiger partial charge is 0.493 e. The van der Waals surface area contributed by atoms with Gasteiger partial charge >= 0.3 is 0 Å². The van der Waals surface area contributed by atoms with Gasteiger partial charge in [-0.3, -0.25) is 14.7 Å². The molecule has 4 aromatic heterocycles. The minimum Gasteiger partial charge on any atom is -0.493 e. The van der Waals surface area contributed by atoms with E-state index in [0.29, 0.717) is 94.8 Å². The van der Waals surface area contributed by atoms with Crippen LogP contribution in [0.3, 0.4) is 0 Å². The van der Waals surface area contributed by atoms with Gasteiger partial charge in [-0.2, -0.15) is 0 Å². The molecule has 2 saturated heterocycles. The van der Waals surface area contributed by atoms with Crippen molar-refractivity contribution in [2.24, 2.45) is 0 Å². The number of halogens is 2. The molecule has 1 aromatic carbocycles. The van der Waals surface area contributed by atoms with Crippen molar-refractivity contribution in [1.82, 2.24) is 40.1 Å². The predicted molar refractivity (Wildman–Crippen MR) is 187 cm³/mol. The monoisotopic (exact) mass is 702 g/mol. The van der Waals surface area contributed by atoms with Gasteiger partial charge in [-0.15, -0.1) is 5.10 Å². The van der Waals surface area contributed by atoms with Gasteiger partial charge < -0.3 is 25.2 Å². The van der Waals surface area contributed by atoms with E-state index in [1.807, 2.05) is 55.6 Å². The maximum absolute atomic E-state index is 11.5. The number of carbonyl (C=O) groups excluding carboxylic acids is 1. The molecule has 254 valence electrons. The highest BCUT2D eigenvalue weighted by atomic mass is 35.5. The summed E-state index contributed by atoms with van der Waals surface area (Å²) in [4.78, 5) is 27.7. The van der Waals surface area contributed by atoms with Gasteiger partial charge in [0, 0.05) is 78.9 Å². The van der Waals surface area contributed by atoms with Crippen LogP contribution in [-0.4, -0.2) is 86.0 Å². The normalized spacial score (nSPS) is 17.3. The average Bonchev–Trinajstić information content (AvgIpc) is 3.69. The molecule has 0 radical (unpaired) electrons. The standard InChI is InChI=1S/C35H36Cl2N8O4/c1-35(47)18-44(19-35)17-28-42-33-27(48-2)13-21(16-45(33)43-28)32-31(37)24(11-12-39-32)23-5-4-6-25(30(23)36)26-9-7-20(34(41-26)49-3)14-38-15-22-8-10-29(46)40-22/h4-7,9,11-13,16,22,38,47H,8,10,14-15,17-19H2,1-3H3,(H,40,46). The van der Waals surface area contributed by atoms with Crippen LogP contribution >= 0.6 is 23.2 Å². The second kappa shape index (κ2) is 13.5. The number of aromatic nitrogens is 5. The minimum atomic E-state index is -0.678. The van der Waals surface area contributed by atoms with Crippen LogP contribution in [0.5, 0.6) is 11.6 Å². The molecule has 1 amide bonds. The first-order valence-electron chi connectivity index (χ1n) is 16.0.